The van der Waals surface area contributed by atoms with Gasteiger partial charge >= 0.3 is 0 Å². The first-order chi connectivity index (χ1) is 32.2. The molecule has 0 N–H and O–H groups in total. The molecule has 5 heteroatoms. The van der Waals surface area contributed by atoms with Crippen LogP contribution >= 0.6 is 0 Å². The minimum Gasteiger partial charge on any atom is -0.457 e. The van der Waals surface area contributed by atoms with E-state index in [0.717, 1.165) is 51.1 Å². The fourth-order valence-electron chi connectivity index (χ4n) is 9.68. The standard InChI is InChI=1S/C58H61N4O/c1-38(2)48-21-16-22-53-55(48)62(45-31-42(57(6,7)8)30-43(32-45)58(9,10)11)36-61(53,37-62)44-19-15-20-46(34-44)63-47-24-25-49-50-29-40(39-17-13-12-14-18-39)23-26-51(50)60(52(49)35-47)54-33-41(27-28-59-54)56(3,4)5/h12-36,38H,37H2,1-11H3/q+1/t61-,62+/m1/s1/i12D,13D,14D,17D,18D,38D. The van der Waals surface area contributed by atoms with E-state index < -0.39 is 11.9 Å². The van der Waals surface area contributed by atoms with E-state index in [9.17, 15) is 1.37 Å². The van der Waals surface area contributed by atoms with E-state index in [0.29, 0.717) is 26.0 Å². The van der Waals surface area contributed by atoms with Crippen LogP contribution in [0.1, 0.15) is 113 Å². The predicted molar refractivity (Wildman–Crippen MR) is 266 cm³/mol. The predicted octanol–water partition coefficient (Wildman–Crippen LogP) is 16.0. The van der Waals surface area contributed by atoms with Gasteiger partial charge in [-0.1, -0.05) is 137 Å². The number of aromatic nitrogens is 2. The third-order valence-electron chi connectivity index (χ3n) is 13.2. The minimum atomic E-state index is -0.835. The smallest absolute Gasteiger partial charge is 0.186 e. The number of hydrogen-bond donors (Lipinski definition) is 0. The van der Waals surface area contributed by atoms with E-state index in [1.54, 1.807) is 0 Å². The van der Waals surface area contributed by atoms with Gasteiger partial charge in [0.15, 0.2) is 18.0 Å². The van der Waals surface area contributed by atoms with E-state index >= 15 is 0 Å². The van der Waals surface area contributed by atoms with Gasteiger partial charge in [0.05, 0.1) is 24.6 Å². The topological polar surface area (TPSA) is 27.1 Å². The maximum absolute atomic E-state index is 9.41. The molecule has 1 fully saturated rings. The Bertz CT molecular complexity index is 3370. The molecule has 3 aliphatic heterocycles. The summed E-state index contributed by atoms with van der Waals surface area (Å²) in [6.45, 7) is 27.4. The number of hydrogen-bond acceptors (Lipinski definition) is 2. The normalized spacial score (nSPS) is 20.0. The minimum absolute atomic E-state index is 0.0605. The summed E-state index contributed by atoms with van der Waals surface area (Å²) in [5.41, 5.74) is 11.5. The van der Waals surface area contributed by atoms with Gasteiger partial charge < -0.3 is 4.74 Å². The number of fused-ring (bicyclic) bond motifs is 3. The molecule has 0 unspecified atom stereocenters. The monoisotopic (exact) mass is 836 g/mol. The number of ether oxygens (including phenoxy) is 1. The molecule has 8 aromatic rings. The van der Waals surface area contributed by atoms with E-state index in [2.05, 4.69) is 134 Å². The Kier molecular flexibility index (Phi) is 7.80. The second kappa shape index (κ2) is 14.3. The molecule has 318 valence electrons. The van der Waals surface area contributed by atoms with Gasteiger partial charge in [-0.05, 0) is 98.5 Å². The van der Waals surface area contributed by atoms with Gasteiger partial charge in [-0.2, -0.15) is 0 Å². The van der Waals surface area contributed by atoms with Crippen LogP contribution in [0.25, 0.3) is 38.8 Å². The molecule has 0 radical (unpaired) electrons. The molecule has 1 saturated heterocycles. The van der Waals surface area contributed by atoms with Gasteiger partial charge in [-0.3, -0.25) is 13.5 Å². The molecule has 3 aliphatic rings. The van der Waals surface area contributed by atoms with E-state index in [1.165, 1.54) is 28.2 Å². The van der Waals surface area contributed by atoms with Crippen molar-refractivity contribution in [3.05, 3.63) is 175 Å². The molecule has 0 spiro atoms. The molecular formula is C58H61N4O+. The average Bonchev–Trinajstić information content (AvgIpc) is 3.87. The first-order valence-electron chi connectivity index (χ1n) is 25.1. The van der Waals surface area contributed by atoms with Gasteiger partial charge in [0.25, 0.3) is 0 Å². The number of benzene rings is 6. The zero-order valence-corrected chi connectivity index (χ0v) is 38.5. The van der Waals surface area contributed by atoms with Crippen molar-refractivity contribution >= 4 is 44.6 Å². The average molecular weight is 836 g/mol. The first kappa shape index (κ1) is 34.5. The second-order valence-electron chi connectivity index (χ2n) is 20.9. The Morgan fingerprint density at radius 3 is 2.00 bits per heavy atom. The summed E-state index contributed by atoms with van der Waals surface area (Å²) in [6.07, 6.45) is 1.84. The summed E-state index contributed by atoms with van der Waals surface area (Å²) in [4.78, 5) is 4.89. The van der Waals surface area contributed by atoms with E-state index in [-0.39, 0.29) is 46.0 Å². The summed E-state index contributed by atoms with van der Waals surface area (Å²) in [5.74, 6) is 1.21. The lowest BCUT2D eigenvalue weighted by molar-refractivity contribution is 0.186. The molecule has 63 heavy (non-hydrogen) atoms. The summed E-state index contributed by atoms with van der Waals surface area (Å²) in [6, 6.07) is 36.2. The van der Waals surface area contributed by atoms with Gasteiger partial charge in [-0.15, -0.1) is 0 Å². The number of nitrogens with zero attached hydrogens (tertiary/aromatic N) is 4. The van der Waals surface area contributed by atoms with Crippen molar-refractivity contribution in [3.63, 3.8) is 0 Å². The molecule has 0 amide bonds. The summed E-state index contributed by atoms with van der Waals surface area (Å²) in [5, 5.41) is 1.75. The van der Waals surface area contributed by atoms with Gasteiger partial charge in [0, 0.05) is 54.2 Å². The zero-order chi connectivity index (χ0) is 49.5. The quantitative estimate of drug-likeness (QED) is 0.118. The lowest BCUT2D eigenvalue weighted by atomic mass is 9.80. The lowest BCUT2D eigenvalue weighted by Crippen LogP contribution is -2.67. The lowest BCUT2D eigenvalue weighted by Gasteiger charge is -2.56. The second-order valence-corrected chi connectivity index (χ2v) is 20.9. The molecule has 2 atom stereocenters. The van der Waals surface area contributed by atoms with Crippen molar-refractivity contribution in [3.8, 4) is 28.4 Å². The highest BCUT2D eigenvalue weighted by molar-refractivity contribution is 6.10. The molecule has 5 heterocycles. The Labute approximate surface area is 382 Å². The van der Waals surface area contributed by atoms with Crippen LogP contribution in [0.4, 0.5) is 22.7 Å². The Balaban J connectivity index is 1.09. The molecule has 11 rings (SSSR count). The fourth-order valence-corrected chi connectivity index (χ4v) is 9.68. The third-order valence-corrected chi connectivity index (χ3v) is 13.2. The van der Waals surface area contributed by atoms with Crippen molar-refractivity contribution in [1.29, 1.82) is 0 Å². The van der Waals surface area contributed by atoms with Crippen LogP contribution in [0, 0.1) is 6.67 Å². The first-order valence-corrected chi connectivity index (χ1v) is 22.1. The van der Waals surface area contributed by atoms with Gasteiger partial charge in [0.2, 0.25) is 0 Å². The summed E-state index contributed by atoms with van der Waals surface area (Å²) < 4.78 is 61.9. The van der Waals surface area contributed by atoms with E-state index in [4.69, 9.17) is 16.6 Å². The summed E-state index contributed by atoms with van der Waals surface area (Å²) >= 11 is 0. The zero-order valence-electron chi connectivity index (χ0n) is 44.5. The van der Waals surface area contributed by atoms with Crippen molar-refractivity contribution in [1.82, 2.24) is 18.5 Å². The van der Waals surface area contributed by atoms with Crippen molar-refractivity contribution in [2.45, 2.75) is 98.3 Å². The maximum atomic E-state index is 9.41. The highest BCUT2D eigenvalue weighted by Gasteiger charge is 2.64. The molecule has 2 aromatic heterocycles. The Hall–Kier alpha value is -6.01. The van der Waals surface area contributed by atoms with Crippen molar-refractivity contribution in [2.24, 2.45) is 0 Å². The molecule has 0 saturated carbocycles. The van der Waals surface area contributed by atoms with Gasteiger partial charge in [0.1, 0.15) is 28.7 Å². The SMILES string of the molecule is [2H]c1c([2H])c([2H])c(-c2ccc3c(c2)c2ccc(Oc4cccc([N@@+]56[CH-][N@@+](c7cc(C(C)(C)C)cc(C(C)(C)C)c7)(C5)c5c(C([2H])(C)C)cccc56)c4)cc2n3-c2cc(C(C)(C)C)ccn2)c([2H])c1[2H]. The van der Waals surface area contributed by atoms with Crippen LogP contribution in [0.15, 0.2) is 146 Å². The Morgan fingerprint density at radius 1 is 0.635 bits per heavy atom. The van der Waals surface area contributed by atoms with Crippen LogP contribution in [0.5, 0.6) is 11.5 Å². The number of pyridine rings is 1. The van der Waals surface area contributed by atoms with Gasteiger partial charge in [-0.25, -0.2) is 4.98 Å². The summed E-state index contributed by atoms with van der Waals surface area (Å²) in [7, 11) is 0. The molecule has 6 aromatic carbocycles. The number of rotatable bonds is 7. The Morgan fingerprint density at radius 2 is 1.32 bits per heavy atom. The fraction of sp³-hybridized carbons (Fsp3) is 0.276. The van der Waals surface area contributed by atoms with Crippen LogP contribution in [-0.4, -0.2) is 16.2 Å². The highest BCUT2D eigenvalue weighted by atomic mass is 16.5. The maximum Gasteiger partial charge on any atom is 0.186 e. The molecular weight excluding hydrogens is 769 g/mol. The highest BCUT2D eigenvalue weighted by Crippen LogP contribution is 2.67. The van der Waals surface area contributed by atoms with E-state index in [1.807, 2.05) is 68.6 Å². The molecule has 0 aliphatic carbocycles. The molecule has 2 bridgehead atoms. The van der Waals surface area contributed by atoms with Crippen LogP contribution < -0.4 is 13.7 Å². The number of para-hydroxylation sites is 1. The molecule has 5 nitrogen and oxygen atoms in total. The largest absolute Gasteiger partial charge is 0.457 e. The van der Waals surface area contributed by atoms with Crippen molar-refractivity contribution in [2.75, 3.05) is 6.67 Å². The van der Waals surface area contributed by atoms with Crippen LogP contribution in [0.2, 0.25) is 0 Å². The van der Waals surface area contributed by atoms with Crippen molar-refractivity contribution < 1.29 is 13.0 Å². The third kappa shape index (κ3) is 6.71. The van der Waals surface area contributed by atoms with Crippen LogP contribution in [0.3, 0.4) is 0 Å². The van der Waals surface area contributed by atoms with Crippen LogP contribution in [-0.2, 0) is 16.2 Å². The number of quaternary nitrogens is 2.